The van der Waals surface area contributed by atoms with Gasteiger partial charge in [-0.05, 0) is 57.8 Å². The van der Waals surface area contributed by atoms with Gasteiger partial charge in [0.15, 0.2) is 0 Å². The highest BCUT2D eigenvalue weighted by atomic mass is 16.5. The molecule has 0 aromatic carbocycles. The van der Waals surface area contributed by atoms with Crippen LogP contribution < -0.4 is 5.32 Å². The van der Waals surface area contributed by atoms with Crippen LogP contribution in [-0.4, -0.2) is 47.4 Å². The second kappa shape index (κ2) is 65.6. The zero-order chi connectivity index (χ0) is 55.0. The summed E-state index contributed by atoms with van der Waals surface area (Å²) in [5.74, 6) is -0.0557. The number of aliphatic hydroxyl groups is 2. The van der Waals surface area contributed by atoms with E-state index in [1.807, 2.05) is 6.08 Å². The number of aliphatic hydroxyl groups excluding tert-OH is 2. The summed E-state index contributed by atoms with van der Waals surface area (Å²) in [6.07, 6.45) is 83.8. The fraction of sp³-hybridized carbons (Fsp3) is 0.886. The SMILES string of the molecule is CCC/C=C\C/C=C\CCCCCCCC(=O)OCCCCCCCCCCCCCCCCCCCCCCCCCCCCCCCCCCCCCC(=O)NC(CO)C(O)/C=C/CCCCCCCCCCC. The summed E-state index contributed by atoms with van der Waals surface area (Å²) in [6.45, 7) is 4.84. The molecule has 0 aliphatic rings. The van der Waals surface area contributed by atoms with Crippen molar-refractivity contribution in [1.29, 1.82) is 0 Å². The maximum Gasteiger partial charge on any atom is 0.305 e. The summed E-state index contributed by atoms with van der Waals surface area (Å²) < 4.78 is 5.48. The van der Waals surface area contributed by atoms with Crippen LogP contribution in [0.4, 0.5) is 0 Å². The predicted octanol–water partition coefficient (Wildman–Crippen LogP) is 21.9. The summed E-state index contributed by atoms with van der Waals surface area (Å²) in [6, 6.07) is -0.622. The van der Waals surface area contributed by atoms with Crippen LogP contribution in [0.1, 0.15) is 373 Å². The van der Waals surface area contributed by atoms with Crippen molar-refractivity contribution < 1.29 is 24.5 Å². The summed E-state index contributed by atoms with van der Waals surface area (Å²) in [5.41, 5.74) is 0. The molecule has 76 heavy (non-hydrogen) atoms. The van der Waals surface area contributed by atoms with E-state index in [-0.39, 0.29) is 18.5 Å². The minimum Gasteiger partial charge on any atom is -0.466 e. The second-order valence-electron chi connectivity index (χ2n) is 23.5. The minimum absolute atomic E-state index is 0.00697. The van der Waals surface area contributed by atoms with Crippen molar-refractivity contribution >= 4 is 11.9 Å². The van der Waals surface area contributed by atoms with Gasteiger partial charge in [0.1, 0.15) is 0 Å². The van der Waals surface area contributed by atoms with Gasteiger partial charge in [-0.1, -0.05) is 339 Å². The molecule has 0 bridgehead atoms. The first kappa shape index (κ1) is 74.1. The first-order valence-corrected chi connectivity index (χ1v) is 34.3. The van der Waals surface area contributed by atoms with E-state index in [4.69, 9.17) is 4.74 Å². The molecule has 1 amide bonds. The van der Waals surface area contributed by atoms with E-state index in [0.29, 0.717) is 19.4 Å². The fourth-order valence-corrected chi connectivity index (χ4v) is 10.7. The summed E-state index contributed by atoms with van der Waals surface area (Å²) in [5, 5.41) is 23.1. The molecular formula is C70H133NO5. The monoisotopic (exact) mass is 1070 g/mol. The molecule has 0 radical (unpaired) electrons. The van der Waals surface area contributed by atoms with Crippen molar-refractivity contribution in [1.82, 2.24) is 5.32 Å². The van der Waals surface area contributed by atoms with Gasteiger partial charge in [-0.3, -0.25) is 9.59 Å². The molecule has 3 N–H and O–H groups in total. The Hall–Kier alpha value is -1.92. The van der Waals surface area contributed by atoms with Crippen LogP contribution >= 0.6 is 0 Å². The van der Waals surface area contributed by atoms with Crippen molar-refractivity contribution in [2.75, 3.05) is 13.2 Å². The number of unbranched alkanes of at least 4 members (excludes halogenated alkanes) is 49. The number of esters is 1. The molecule has 0 aliphatic carbocycles. The number of nitrogens with one attached hydrogen (secondary N) is 1. The van der Waals surface area contributed by atoms with Crippen molar-refractivity contribution in [2.24, 2.45) is 0 Å². The van der Waals surface area contributed by atoms with E-state index in [2.05, 4.69) is 43.5 Å². The Balaban J connectivity index is 3.30. The van der Waals surface area contributed by atoms with E-state index in [1.54, 1.807) is 6.08 Å². The molecule has 0 saturated carbocycles. The Bertz CT molecular complexity index is 1230. The van der Waals surface area contributed by atoms with Gasteiger partial charge in [-0.25, -0.2) is 0 Å². The third-order valence-electron chi connectivity index (χ3n) is 15.9. The van der Waals surface area contributed by atoms with Crippen LogP contribution in [-0.2, 0) is 14.3 Å². The Morgan fingerprint density at radius 1 is 0.368 bits per heavy atom. The van der Waals surface area contributed by atoms with E-state index in [0.717, 1.165) is 51.4 Å². The first-order valence-electron chi connectivity index (χ1n) is 34.3. The Morgan fingerprint density at radius 3 is 1.05 bits per heavy atom. The highest BCUT2D eigenvalue weighted by Gasteiger charge is 2.18. The average molecular weight is 1070 g/mol. The van der Waals surface area contributed by atoms with Crippen LogP contribution in [0.15, 0.2) is 36.5 Å². The maximum absolute atomic E-state index is 12.4. The molecular weight excluding hydrogens is 935 g/mol. The molecule has 0 spiro atoms. The number of hydrogen-bond donors (Lipinski definition) is 3. The van der Waals surface area contributed by atoms with Crippen molar-refractivity contribution in [3.05, 3.63) is 36.5 Å². The van der Waals surface area contributed by atoms with Gasteiger partial charge >= 0.3 is 5.97 Å². The lowest BCUT2D eigenvalue weighted by Gasteiger charge is -2.20. The molecule has 0 rings (SSSR count). The summed E-state index contributed by atoms with van der Waals surface area (Å²) in [4.78, 5) is 24.5. The number of hydrogen-bond acceptors (Lipinski definition) is 5. The lowest BCUT2D eigenvalue weighted by atomic mass is 10.0. The van der Waals surface area contributed by atoms with Crippen LogP contribution in [0.3, 0.4) is 0 Å². The topological polar surface area (TPSA) is 95.9 Å². The van der Waals surface area contributed by atoms with Crippen LogP contribution in [0, 0.1) is 0 Å². The van der Waals surface area contributed by atoms with Crippen molar-refractivity contribution in [3.63, 3.8) is 0 Å². The third-order valence-corrected chi connectivity index (χ3v) is 15.9. The molecule has 6 nitrogen and oxygen atoms in total. The summed E-state index contributed by atoms with van der Waals surface area (Å²) in [7, 11) is 0. The fourth-order valence-electron chi connectivity index (χ4n) is 10.7. The van der Waals surface area contributed by atoms with Gasteiger partial charge in [0.05, 0.1) is 25.4 Å². The van der Waals surface area contributed by atoms with Crippen LogP contribution in [0.2, 0.25) is 0 Å². The van der Waals surface area contributed by atoms with Crippen molar-refractivity contribution in [3.8, 4) is 0 Å². The van der Waals surface area contributed by atoms with E-state index >= 15 is 0 Å². The second-order valence-corrected chi connectivity index (χ2v) is 23.5. The number of amides is 1. The standard InChI is InChI=1S/C70H133NO5/c1-3-5-7-9-11-13-15-39-44-48-52-56-60-64-70(75)76-65-61-57-53-49-45-41-38-36-34-32-30-28-26-24-22-20-18-16-17-19-21-23-25-27-29-31-33-35-37-40-43-47-51-55-59-63-69(74)71-67(66-72)68(73)62-58-54-50-46-42-14-12-10-8-6-4-2/h7,9,13,15,58,62,67-68,72-73H,3-6,8,10-12,14,16-57,59-61,63-66H2,1-2H3,(H,71,74)/b9-7-,15-13-,62-58+. The zero-order valence-corrected chi connectivity index (χ0v) is 51.3. The normalized spacial score (nSPS) is 12.7. The van der Waals surface area contributed by atoms with E-state index < -0.39 is 12.1 Å². The molecule has 2 unspecified atom stereocenters. The molecule has 0 aliphatic heterocycles. The minimum atomic E-state index is -0.839. The Labute approximate surface area is 474 Å². The van der Waals surface area contributed by atoms with Gasteiger partial charge < -0.3 is 20.3 Å². The van der Waals surface area contributed by atoms with Gasteiger partial charge in [0.25, 0.3) is 0 Å². The number of rotatable bonds is 64. The molecule has 6 heteroatoms. The van der Waals surface area contributed by atoms with Crippen LogP contribution in [0.25, 0.3) is 0 Å². The zero-order valence-electron chi connectivity index (χ0n) is 51.3. The quantitative estimate of drug-likeness (QED) is 0.0320. The largest absolute Gasteiger partial charge is 0.466 e. The average Bonchev–Trinajstić information content (AvgIpc) is 3.42. The van der Waals surface area contributed by atoms with Crippen LogP contribution in [0.5, 0.6) is 0 Å². The van der Waals surface area contributed by atoms with Gasteiger partial charge in [-0.15, -0.1) is 0 Å². The highest BCUT2D eigenvalue weighted by Crippen LogP contribution is 2.19. The number of carbonyl (C=O) groups is 2. The Morgan fingerprint density at radius 2 is 0.684 bits per heavy atom. The predicted molar refractivity (Wildman–Crippen MR) is 333 cm³/mol. The third kappa shape index (κ3) is 61.3. The van der Waals surface area contributed by atoms with E-state index in [9.17, 15) is 19.8 Å². The lowest BCUT2D eigenvalue weighted by Crippen LogP contribution is -2.45. The van der Waals surface area contributed by atoms with Gasteiger partial charge in [0.2, 0.25) is 5.91 Å². The van der Waals surface area contributed by atoms with E-state index in [1.165, 1.54) is 295 Å². The summed E-state index contributed by atoms with van der Waals surface area (Å²) >= 11 is 0. The molecule has 0 saturated heterocycles. The number of allylic oxidation sites excluding steroid dienone is 5. The lowest BCUT2D eigenvalue weighted by molar-refractivity contribution is -0.143. The number of carbonyl (C=O) groups excluding carboxylic acids is 2. The van der Waals surface area contributed by atoms with Crippen molar-refractivity contribution in [2.45, 2.75) is 386 Å². The molecule has 0 aromatic rings. The van der Waals surface area contributed by atoms with Gasteiger partial charge in [-0.2, -0.15) is 0 Å². The number of ether oxygens (including phenoxy) is 1. The Kier molecular flexibility index (Phi) is 63.9. The first-order chi connectivity index (χ1) is 37.5. The maximum atomic E-state index is 12.4. The molecule has 2 atom stereocenters. The van der Waals surface area contributed by atoms with Gasteiger partial charge in [0, 0.05) is 12.8 Å². The molecule has 0 heterocycles. The smallest absolute Gasteiger partial charge is 0.305 e. The molecule has 0 fully saturated rings. The molecule has 0 aromatic heterocycles. The highest BCUT2D eigenvalue weighted by molar-refractivity contribution is 5.76. The molecule has 448 valence electrons.